The first kappa shape index (κ1) is 14.4. The Morgan fingerprint density at radius 1 is 1.17 bits per heavy atom. The highest BCUT2D eigenvalue weighted by Gasteiger charge is 2.36. The number of carboxylic acid groups (broad SMARTS) is 1. The molecule has 3 nitrogen and oxygen atoms in total. The molecule has 0 bridgehead atoms. The standard InChI is InChI=1S/C10H7F5O3/c11-6-2-8(13)7(12)1-5(6)10(14,15)4-18-3-9(16)17/h1-2H,3-4H2,(H,16,17). The third-order valence-electron chi connectivity index (χ3n) is 1.91. The van der Waals surface area contributed by atoms with E-state index in [2.05, 4.69) is 4.74 Å². The van der Waals surface area contributed by atoms with E-state index in [1.165, 1.54) is 0 Å². The average Bonchev–Trinajstić information content (AvgIpc) is 2.22. The Hall–Kier alpha value is -1.70. The summed E-state index contributed by atoms with van der Waals surface area (Å²) in [5.74, 6) is -10.3. The zero-order chi connectivity index (χ0) is 13.9. The van der Waals surface area contributed by atoms with Gasteiger partial charge in [-0.05, 0) is 6.07 Å². The number of halogens is 5. The maximum absolute atomic E-state index is 13.3. The van der Waals surface area contributed by atoms with Gasteiger partial charge in [0, 0.05) is 6.07 Å². The van der Waals surface area contributed by atoms with Crippen molar-refractivity contribution in [2.75, 3.05) is 13.2 Å². The monoisotopic (exact) mass is 270 g/mol. The molecule has 0 spiro atoms. The lowest BCUT2D eigenvalue weighted by Gasteiger charge is -2.17. The van der Waals surface area contributed by atoms with E-state index in [1.54, 1.807) is 0 Å². The van der Waals surface area contributed by atoms with Gasteiger partial charge in [0.15, 0.2) is 11.6 Å². The second-order valence-electron chi connectivity index (χ2n) is 3.34. The van der Waals surface area contributed by atoms with Crippen LogP contribution in [0.15, 0.2) is 12.1 Å². The van der Waals surface area contributed by atoms with Crippen molar-refractivity contribution < 1.29 is 36.6 Å². The molecule has 0 radical (unpaired) electrons. The van der Waals surface area contributed by atoms with Crippen LogP contribution in [-0.2, 0) is 15.5 Å². The summed E-state index contributed by atoms with van der Waals surface area (Å²) in [6, 6.07) is -0.00936. The Balaban J connectivity index is 2.90. The van der Waals surface area contributed by atoms with Crippen molar-refractivity contribution in [3.05, 3.63) is 35.1 Å². The third-order valence-corrected chi connectivity index (χ3v) is 1.91. The summed E-state index contributed by atoms with van der Waals surface area (Å²) < 4.78 is 69.1. The van der Waals surface area contributed by atoms with Crippen LogP contribution in [0.5, 0.6) is 0 Å². The smallest absolute Gasteiger partial charge is 0.329 e. The number of carboxylic acids is 1. The molecule has 0 heterocycles. The van der Waals surface area contributed by atoms with E-state index in [4.69, 9.17) is 5.11 Å². The fourth-order valence-electron chi connectivity index (χ4n) is 1.15. The number of hydrogen-bond donors (Lipinski definition) is 1. The number of benzene rings is 1. The molecule has 0 aliphatic rings. The zero-order valence-electron chi connectivity index (χ0n) is 8.72. The van der Waals surface area contributed by atoms with Gasteiger partial charge in [0.25, 0.3) is 5.92 Å². The Bertz CT molecular complexity index is 461. The van der Waals surface area contributed by atoms with Gasteiger partial charge in [0.2, 0.25) is 0 Å². The molecule has 18 heavy (non-hydrogen) atoms. The first-order valence-electron chi connectivity index (χ1n) is 4.56. The molecule has 0 fully saturated rings. The van der Waals surface area contributed by atoms with Gasteiger partial charge >= 0.3 is 5.97 Å². The normalized spacial score (nSPS) is 11.6. The highest BCUT2D eigenvalue weighted by atomic mass is 19.3. The van der Waals surface area contributed by atoms with Crippen LogP contribution in [0.3, 0.4) is 0 Å². The second-order valence-corrected chi connectivity index (χ2v) is 3.34. The summed E-state index contributed by atoms with van der Waals surface area (Å²) in [6.07, 6.45) is 0. The number of rotatable bonds is 5. The summed E-state index contributed by atoms with van der Waals surface area (Å²) >= 11 is 0. The molecule has 1 N–H and O–H groups in total. The Morgan fingerprint density at radius 3 is 2.28 bits per heavy atom. The predicted molar refractivity (Wildman–Crippen MR) is 48.7 cm³/mol. The van der Waals surface area contributed by atoms with E-state index in [9.17, 15) is 26.7 Å². The maximum atomic E-state index is 13.3. The zero-order valence-corrected chi connectivity index (χ0v) is 8.72. The maximum Gasteiger partial charge on any atom is 0.329 e. The van der Waals surface area contributed by atoms with Crippen molar-refractivity contribution >= 4 is 5.97 Å². The molecule has 1 rings (SSSR count). The molecule has 0 amide bonds. The van der Waals surface area contributed by atoms with Crippen molar-refractivity contribution in [3.8, 4) is 0 Å². The molecule has 1 aromatic rings. The van der Waals surface area contributed by atoms with Crippen LogP contribution in [0, 0.1) is 17.5 Å². The SMILES string of the molecule is O=C(O)COCC(F)(F)c1cc(F)c(F)cc1F. The third kappa shape index (κ3) is 3.39. The van der Waals surface area contributed by atoms with Crippen molar-refractivity contribution in [2.24, 2.45) is 0 Å². The molecule has 0 atom stereocenters. The van der Waals surface area contributed by atoms with Crippen LogP contribution >= 0.6 is 0 Å². The lowest BCUT2D eigenvalue weighted by atomic mass is 10.1. The lowest BCUT2D eigenvalue weighted by molar-refractivity contribution is -0.147. The minimum absolute atomic E-state index is 0.00872. The van der Waals surface area contributed by atoms with Gasteiger partial charge in [-0.2, -0.15) is 8.78 Å². The molecular weight excluding hydrogens is 263 g/mol. The minimum Gasteiger partial charge on any atom is -0.480 e. The van der Waals surface area contributed by atoms with Crippen molar-refractivity contribution in [3.63, 3.8) is 0 Å². The van der Waals surface area contributed by atoms with Gasteiger partial charge in [-0.3, -0.25) is 0 Å². The molecule has 8 heteroatoms. The molecule has 0 saturated carbocycles. The van der Waals surface area contributed by atoms with E-state index >= 15 is 0 Å². The van der Waals surface area contributed by atoms with Gasteiger partial charge in [-0.25, -0.2) is 18.0 Å². The molecule has 0 unspecified atom stereocenters. The Labute approximate surface area is 97.8 Å². The van der Waals surface area contributed by atoms with Crippen LogP contribution in [-0.4, -0.2) is 24.3 Å². The largest absolute Gasteiger partial charge is 0.480 e. The molecular formula is C10H7F5O3. The summed E-state index contributed by atoms with van der Waals surface area (Å²) in [5, 5.41) is 8.16. The second kappa shape index (κ2) is 5.30. The highest BCUT2D eigenvalue weighted by molar-refractivity contribution is 5.67. The molecule has 0 saturated heterocycles. The predicted octanol–water partition coefficient (Wildman–Crippen LogP) is 2.30. The van der Waals surface area contributed by atoms with Gasteiger partial charge < -0.3 is 9.84 Å². The number of ether oxygens (including phenoxy) is 1. The van der Waals surface area contributed by atoms with Crippen LogP contribution in [0.4, 0.5) is 22.0 Å². The van der Waals surface area contributed by atoms with Crippen molar-refractivity contribution in [2.45, 2.75) is 5.92 Å². The molecule has 1 aromatic carbocycles. The molecule has 0 aliphatic carbocycles. The van der Waals surface area contributed by atoms with Crippen LogP contribution < -0.4 is 0 Å². The fourth-order valence-corrected chi connectivity index (χ4v) is 1.15. The van der Waals surface area contributed by atoms with Crippen LogP contribution in [0.25, 0.3) is 0 Å². The minimum atomic E-state index is -3.96. The number of alkyl halides is 2. The van der Waals surface area contributed by atoms with E-state index < -0.39 is 48.1 Å². The Kier molecular flexibility index (Phi) is 4.23. The van der Waals surface area contributed by atoms with E-state index in [-0.39, 0.29) is 12.1 Å². The summed E-state index contributed by atoms with van der Waals surface area (Å²) in [5.41, 5.74) is -1.40. The summed E-state index contributed by atoms with van der Waals surface area (Å²) in [4.78, 5) is 10.0. The number of aliphatic carboxylic acids is 1. The van der Waals surface area contributed by atoms with E-state index in [1.807, 2.05) is 0 Å². The highest BCUT2D eigenvalue weighted by Crippen LogP contribution is 2.31. The number of carbonyl (C=O) groups is 1. The van der Waals surface area contributed by atoms with E-state index in [0.717, 1.165) is 0 Å². The lowest BCUT2D eigenvalue weighted by Crippen LogP contribution is -2.25. The van der Waals surface area contributed by atoms with Gasteiger partial charge in [-0.15, -0.1) is 0 Å². The summed E-state index contributed by atoms with van der Waals surface area (Å²) in [6.45, 7) is -2.47. The van der Waals surface area contributed by atoms with Gasteiger partial charge in [0.1, 0.15) is 19.0 Å². The Morgan fingerprint density at radius 2 is 1.72 bits per heavy atom. The molecule has 0 aliphatic heterocycles. The van der Waals surface area contributed by atoms with Gasteiger partial charge in [0.05, 0.1) is 5.56 Å². The van der Waals surface area contributed by atoms with E-state index in [0.29, 0.717) is 0 Å². The fraction of sp³-hybridized carbons (Fsp3) is 0.300. The topological polar surface area (TPSA) is 46.5 Å². The molecule has 0 aromatic heterocycles. The van der Waals surface area contributed by atoms with Crippen LogP contribution in [0.2, 0.25) is 0 Å². The number of hydrogen-bond acceptors (Lipinski definition) is 2. The first-order chi connectivity index (χ1) is 8.24. The quantitative estimate of drug-likeness (QED) is 0.659. The molecule has 100 valence electrons. The summed E-state index contributed by atoms with van der Waals surface area (Å²) in [7, 11) is 0. The van der Waals surface area contributed by atoms with Crippen molar-refractivity contribution in [1.82, 2.24) is 0 Å². The van der Waals surface area contributed by atoms with Gasteiger partial charge in [-0.1, -0.05) is 0 Å². The van der Waals surface area contributed by atoms with Crippen LogP contribution in [0.1, 0.15) is 5.56 Å². The van der Waals surface area contributed by atoms with Crippen molar-refractivity contribution in [1.29, 1.82) is 0 Å². The first-order valence-corrected chi connectivity index (χ1v) is 4.56. The average molecular weight is 270 g/mol.